The van der Waals surface area contributed by atoms with Crippen LogP contribution in [0, 0.1) is 46.3 Å². The Labute approximate surface area is 179 Å². The van der Waals surface area contributed by atoms with Crippen molar-refractivity contribution in [2.24, 2.45) is 46.3 Å². The third-order valence-electron chi connectivity index (χ3n) is 9.66. The maximum Gasteiger partial charge on any atom is 0.304 e. The average Bonchev–Trinajstić information content (AvgIpc) is 3.02. The number of aliphatic carboxylic acids is 1. The number of aliphatic hydroxyl groups excluding tert-OH is 1. The first-order valence-corrected chi connectivity index (χ1v) is 11.8. The van der Waals surface area contributed by atoms with Crippen LogP contribution in [0.1, 0.15) is 72.1 Å². The predicted octanol–water partition coefficient (Wildman–Crippen LogP) is 5.03. The molecule has 3 fully saturated rings. The number of ketones is 1. The van der Waals surface area contributed by atoms with Crippen LogP contribution in [0.25, 0.3) is 0 Å². The molecule has 0 aliphatic heterocycles. The van der Waals surface area contributed by atoms with Gasteiger partial charge in [-0.3, -0.25) is 9.59 Å². The molecule has 0 aromatic rings. The molecule has 4 rings (SSSR count). The number of aliphatic hydroxyl groups is 1. The summed E-state index contributed by atoms with van der Waals surface area (Å²) >= 11 is 6.57. The van der Waals surface area contributed by atoms with Crippen LogP contribution in [-0.4, -0.2) is 28.6 Å². The van der Waals surface area contributed by atoms with Crippen LogP contribution in [0.5, 0.6) is 0 Å². The number of hydrogen-bond donors (Lipinski definition) is 2. The van der Waals surface area contributed by atoms with Gasteiger partial charge in [-0.05, 0) is 90.9 Å². The summed E-state index contributed by atoms with van der Waals surface area (Å²) < 4.78 is 0. The highest BCUT2D eigenvalue weighted by molar-refractivity contribution is 6.43. The van der Waals surface area contributed by atoms with Gasteiger partial charge in [0.1, 0.15) is 0 Å². The third kappa shape index (κ3) is 3.12. The molecule has 0 spiro atoms. The molecule has 8 atom stereocenters. The Bertz CT molecular complexity index is 745. The Morgan fingerprint density at radius 2 is 1.93 bits per heavy atom. The fourth-order valence-electron chi connectivity index (χ4n) is 8.35. The first-order valence-electron chi connectivity index (χ1n) is 11.4. The zero-order valence-corrected chi connectivity index (χ0v) is 18.7. The highest BCUT2D eigenvalue weighted by Crippen LogP contribution is 2.68. The second-order valence-electron chi connectivity index (χ2n) is 10.9. The van der Waals surface area contributed by atoms with Crippen molar-refractivity contribution in [3.05, 3.63) is 10.6 Å². The Balaban J connectivity index is 1.66. The molecule has 0 aromatic heterocycles. The lowest BCUT2D eigenvalue weighted by Crippen LogP contribution is -2.52. The topological polar surface area (TPSA) is 74.6 Å². The van der Waals surface area contributed by atoms with Crippen LogP contribution in [-0.2, 0) is 9.59 Å². The van der Waals surface area contributed by atoms with E-state index in [4.69, 9.17) is 11.6 Å². The summed E-state index contributed by atoms with van der Waals surface area (Å²) in [5.74, 6) is 1.11. The highest BCUT2D eigenvalue weighted by atomic mass is 35.5. The Kier molecular flexibility index (Phi) is 5.43. The lowest BCUT2D eigenvalue weighted by Gasteiger charge is -2.59. The van der Waals surface area contributed by atoms with Gasteiger partial charge in [0.2, 0.25) is 0 Å². The second-order valence-corrected chi connectivity index (χ2v) is 11.3. The zero-order chi connectivity index (χ0) is 21.1. The minimum atomic E-state index is -0.917. The number of carboxylic acid groups (broad SMARTS) is 1. The Morgan fingerprint density at radius 3 is 2.59 bits per heavy atom. The van der Waals surface area contributed by atoms with E-state index in [9.17, 15) is 19.8 Å². The molecule has 4 aliphatic rings. The molecule has 0 radical (unpaired) electrons. The smallest absolute Gasteiger partial charge is 0.304 e. The van der Waals surface area contributed by atoms with E-state index in [0.29, 0.717) is 41.0 Å². The number of carboxylic acids is 1. The van der Waals surface area contributed by atoms with Crippen molar-refractivity contribution in [2.45, 2.75) is 72.1 Å². The fourth-order valence-corrected chi connectivity index (χ4v) is 8.81. The third-order valence-corrected chi connectivity index (χ3v) is 10.1. The van der Waals surface area contributed by atoms with Crippen molar-refractivity contribution >= 4 is 23.4 Å². The van der Waals surface area contributed by atoms with Gasteiger partial charge in [-0.15, -0.1) is 0 Å². The largest absolute Gasteiger partial charge is 0.481 e. The van der Waals surface area contributed by atoms with E-state index < -0.39 is 11.9 Å². The van der Waals surface area contributed by atoms with E-state index >= 15 is 0 Å². The molecule has 162 valence electrons. The molecule has 2 N–H and O–H groups in total. The van der Waals surface area contributed by atoms with E-state index in [1.807, 2.05) is 0 Å². The van der Waals surface area contributed by atoms with Crippen LogP contribution in [0.3, 0.4) is 0 Å². The van der Waals surface area contributed by atoms with Crippen molar-refractivity contribution in [1.29, 1.82) is 0 Å². The number of allylic oxidation sites excluding steroid dienone is 1. The van der Waals surface area contributed by atoms with E-state index in [0.717, 1.165) is 31.3 Å². The van der Waals surface area contributed by atoms with Crippen LogP contribution < -0.4 is 0 Å². The van der Waals surface area contributed by atoms with Gasteiger partial charge < -0.3 is 10.2 Å². The number of halogens is 1. The van der Waals surface area contributed by atoms with Crippen LogP contribution in [0.4, 0.5) is 0 Å². The van der Waals surface area contributed by atoms with Gasteiger partial charge in [-0.2, -0.15) is 0 Å². The van der Waals surface area contributed by atoms with Gasteiger partial charge in [0.15, 0.2) is 5.78 Å². The molecule has 0 saturated heterocycles. The molecule has 3 saturated carbocycles. The van der Waals surface area contributed by atoms with Crippen molar-refractivity contribution in [1.82, 2.24) is 0 Å². The molecule has 4 nitrogen and oxygen atoms in total. The van der Waals surface area contributed by atoms with Gasteiger partial charge >= 0.3 is 5.97 Å². The highest BCUT2D eigenvalue weighted by Gasteiger charge is 2.60. The summed E-state index contributed by atoms with van der Waals surface area (Å²) in [6.07, 6.45) is 7.17. The monoisotopic (exact) mass is 422 g/mol. The molecule has 0 aromatic carbocycles. The number of fused-ring (bicyclic) bond motifs is 5. The number of rotatable bonds is 4. The minimum Gasteiger partial charge on any atom is -0.481 e. The van der Waals surface area contributed by atoms with Crippen molar-refractivity contribution in [3.63, 3.8) is 0 Å². The Morgan fingerprint density at radius 1 is 1.21 bits per heavy atom. The van der Waals surface area contributed by atoms with E-state index in [-0.39, 0.29) is 29.6 Å². The number of Topliss-reactive ketones (excluding diaryl/α,β-unsaturated/α-hetero) is 1. The van der Waals surface area contributed by atoms with Gasteiger partial charge in [0.05, 0.1) is 11.5 Å². The van der Waals surface area contributed by atoms with Crippen LogP contribution in [0.15, 0.2) is 10.6 Å². The lowest BCUT2D eigenvalue weighted by atomic mass is 9.45. The molecule has 4 aliphatic carbocycles. The first-order chi connectivity index (χ1) is 13.6. The standard InChI is InChI=1S/C24H35ClO4/c1-13(12-26)16-6-7-17-15-4-5-19-21(25)22(29)14(10-20(27)28)11-24(19,3)18(15)8-9-23(16,17)2/h13-18,26H,4-12H2,1-3H3,(H,27,28)/t13-,14?,15+,16-,17+,18+,23-,24-/m1/s1. The van der Waals surface area contributed by atoms with Crippen molar-refractivity contribution < 1.29 is 19.8 Å². The van der Waals surface area contributed by atoms with Crippen molar-refractivity contribution in [3.8, 4) is 0 Å². The van der Waals surface area contributed by atoms with Crippen LogP contribution >= 0.6 is 11.6 Å². The molecule has 0 bridgehead atoms. The number of carbonyl (C=O) groups excluding carboxylic acids is 1. The van der Waals surface area contributed by atoms with E-state index in [1.165, 1.54) is 12.8 Å². The normalized spacial score (nSPS) is 45.4. The molecule has 5 heteroatoms. The molecular formula is C24H35ClO4. The quantitative estimate of drug-likeness (QED) is 0.666. The maximum absolute atomic E-state index is 12.7. The maximum atomic E-state index is 12.7. The summed E-state index contributed by atoms with van der Waals surface area (Å²) in [6.45, 7) is 7.17. The van der Waals surface area contributed by atoms with E-state index in [1.54, 1.807) is 0 Å². The molecule has 29 heavy (non-hydrogen) atoms. The number of carbonyl (C=O) groups is 2. The van der Waals surface area contributed by atoms with E-state index in [2.05, 4.69) is 20.8 Å². The van der Waals surface area contributed by atoms with Gasteiger partial charge in [-0.25, -0.2) is 0 Å². The Hall–Kier alpha value is -0.870. The molecular weight excluding hydrogens is 388 g/mol. The molecule has 0 amide bonds. The summed E-state index contributed by atoms with van der Waals surface area (Å²) in [5, 5.41) is 19.4. The van der Waals surface area contributed by atoms with Gasteiger partial charge in [0, 0.05) is 12.5 Å². The summed E-state index contributed by atoms with van der Waals surface area (Å²) in [5.41, 5.74) is 1.24. The summed E-state index contributed by atoms with van der Waals surface area (Å²) in [7, 11) is 0. The minimum absolute atomic E-state index is 0.119. The van der Waals surface area contributed by atoms with Gasteiger partial charge in [-0.1, -0.05) is 32.4 Å². The van der Waals surface area contributed by atoms with Crippen molar-refractivity contribution in [2.75, 3.05) is 6.61 Å². The summed E-state index contributed by atoms with van der Waals surface area (Å²) in [6, 6.07) is 0. The molecule has 0 heterocycles. The average molecular weight is 423 g/mol. The fraction of sp³-hybridized carbons (Fsp3) is 0.833. The summed E-state index contributed by atoms with van der Waals surface area (Å²) in [4.78, 5) is 24.1. The van der Waals surface area contributed by atoms with Gasteiger partial charge in [0.25, 0.3) is 0 Å². The lowest BCUT2D eigenvalue weighted by molar-refractivity contribution is -0.141. The first kappa shape index (κ1) is 21.4. The molecule has 1 unspecified atom stereocenters. The van der Waals surface area contributed by atoms with Crippen LogP contribution in [0.2, 0.25) is 0 Å². The zero-order valence-electron chi connectivity index (χ0n) is 17.9. The SMILES string of the molecule is C[C@H](CO)[C@H]1CC[C@H]2[C@@H]3CCC4=C(Cl)C(=O)C(CC(=O)O)C[C@]4(C)[C@H]3CC[C@]12C. The second kappa shape index (κ2) is 7.37. The number of hydrogen-bond acceptors (Lipinski definition) is 3. The predicted molar refractivity (Wildman–Crippen MR) is 112 cm³/mol.